The summed E-state index contributed by atoms with van der Waals surface area (Å²) in [7, 11) is 0. The Labute approximate surface area is 132 Å². The number of nitrogens with one attached hydrogen (secondary N) is 2. The van der Waals surface area contributed by atoms with Crippen molar-refractivity contribution in [3.63, 3.8) is 0 Å². The summed E-state index contributed by atoms with van der Waals surface area (Å²) in [5, 5.41) is 5.93. The second-order valence-electron chi connectivity index (χ2n) is 5.40. The minimum Gasteiger partial charge on any atom is -0.371 e. The fraction of sp³-hybridized carbons (Fsp3) is 0.625. The predicted molar refractivity (Wildman–Crippen MR) is 85.7 cm³/mol. The second kappa shape index (κ2) is 8.70. The first kappa shape index (κ1) is 16.7. The monoisotopic (exact) mass is 306 g/mol. The van der Waals surface area contributed by atoms with Crippen molar-refractivity contribution in [2.45, 2.75) is 32.4 Å². The van der Waals surface area contributed by atoms with Crippen molar-refractivity contribution in [3.05, 3.63) is 30.1 Å². The number of aromatic nitrogens is 1. The third-order valence-electron chi connectivity index (χ3n) is 4.03. The molecule has 0 radical (unpaired) electrons. The molecule has 2 N–H and O–H groups in total. The lowest BCUT2D eigenvalue weighted by Gasteiger charge is -2.21. The number of carbonyl (C=O) groups is 1. The summed E-state index contributed by atoms with van der Waals surface area (Å²) >= 11 is 0. The van der Waals surface area contributed by atoms with Crippen LogP contribution in [0.3, 0.4) is 0 Å². The van der Waals surface area contributed by atoms with Gasteiger partial charge in [0.2, 0.25) is 0 Å². The van der Waals surface area contributed by atoms with Gasteiger partial charge in [-0.1, -0.05) is 19.9 Å². The summed E-state index contributed by atoms with van der Waals surface area (Å²) in [6.45, 7) is 8.42. The van der Waals surface area contributed by atoms with E-state index in [1.165, 1.54) is 0 Å². The minimum atomic E-state index is -0.128. The molecule has 2 rings (SSSR count). The lowest BCUT2D eigenvalue weighted by atomic mass is 10.0. The molecule has 0 aromatic carbocycles. The number of ether oxygens (including phenoxy) is 1. The summed E-state index contributed by atoms with van der Waals surface area (Å²) in [5.41, 5.74) is 1.01. The molecule has 6 nitrogen and oxygen atoms in total. The van der Waals surface area contributed by atoms with Crippen molar-refractivity contribution >= 4 is 6.03 Å². The molecule has 122 valence electrons. The van der Waals surface area contributed by atoms with Crippen molar-refractivity contribution in [3.8, 4) is 0 Å². The highest BCUT2D eigenvalue weighted by Gasteiger charge is 2.30. The van der Waals surface area contributed by atoms with E-state index >= 15 is 0 Å². The summed E-state index contributed by atoms with van der Waals surface area (Å²) in [6.07, 6.45) is 4.24. The second-order valence-corrected chi connectivity index (χ2v) is 5.40. The van der Waals surface area contributed by atoms with Crippen LogP contribution in [0.1, 0.15) is 31.9 Å². The van der Waals surface area contributed by atoms with E-state index in [1.54, 1.807) is 12.4 Å². The summed E-state index contributed by atoms with van der Waals surface area (Å²) < 4.78 is 5.74. The molecule has 1 fully saturated rings. The Bertz CT molecular complexity index is 451. The standard InChI is InChI=1S/C16H26N4O2/c1-3-20(4-2)10-9-18-16(21)19-14-7-11-22-15(14)13-6-5-8-17-12-13/h5-6,8,12,14-15H,3-4,7,9-11H2,1-2H3,(H2,18,19,21)/t14-,15+/m0/s1. The van der Waals surface area contributed by atoms with E-state index in [2.05, 4.69) is 34.4 Å². The average Bonchev–Trinajstić information content (AvgIpc) is 3.00. The van der Waals surface area contributed by atoms with Gasteiger partial charge in [-0.2, -0.15) is 0 Å². The maximum absolute atomic E-state index is 12.0. The van der Waals surface area contributed by atoms with E-state index in [4.69, 9.17) is 4.74 Å². The van der Waals surface area contributed by atoms with E-state index < -0.39 is 0 Å². The van der Waals surface area contributed by atoms with Crippen LogP contribution < -0.4 is 10.6 Å². The molecule has 6 heteroatoms. The Morgan fingerprint density at radius 1 is 1.45 bits per heavy atom. The number of hydrogen-bond acceptors (Lipinski definition) is 4. The molecule has 22 heavy (non-hydrogen) atoms. The molecule has 2 amide bonds. The van der Waals surface area contributed by atoms with Crippen LogP contribution in [-0.4, -0.2) is 54.7 Å². The van der Waals surface area contributed by atoms with Gasteiger partial charge in [-0.15, -0.1) is 0 Å². The van der Waals surface area contributed by atoms with Crippen molar-refractivity contribution in [2.24, 2.45) is 0 Å². The zero-order valence-electron chi connectivity index (χ0n) is 13.4. The van der Waals surface area contributed by atoms with Gasteiger partial charge in [-0.25, -0.2) is 4.79 Å². The molecule has 2 atom stereocenters. The van der Waals surface area contributed by atoms with Crippen molar-refractivity contribution in [1.82, 2.24) is 20.5 Å². The number of hydrogen-bond donors (Lipinski definition) is 2. The van der Waals surface area contributed by atoms with Crippen LogP contribution in [-0.2, 0) is 4.74 Å². The van der Waals surface area contributed by atoms with E-state index in [1.807, 2.05) is 12.1 Å². The van der Waals surface area contributed by atoms with Gasteiger partial charge in [0.25, 0.3) is 0 Å². The van der Waals surface area contributed by atoms with Crippen LogP contribution in [0.25, 0.3) is 0 Å². The first-order valence-electron chi connectivity index (χ1n) is 8.02. The Balaban J connectivity index is 1.78. The van der Waals surface area contributed by atoms with Gasteiger partial charge in [0.15, 0.2) is 0 Å². The molecule has 0 unspecified atom stereocenters. The van der Waals surface area contributed by atoms with Gasteiger partial charge in [0.05, 0.1) is 6.04 Å². The van der Waals surface area contributed by atoms with Crippen LogP contribution in [0.15, 0.2) is 24.5 Å². The molecular formula is C16H26N4O2. The Kier molecular flexibility index (Phi) is 6.61. The number of pyridine rings is 1. The lowest BCUT2D eigenvalue weighted by Crippen LogP contribution is -2.45. The quantitative estimate of drug-likeness (QED) is 0.802. The fourth-order valence-electron chi connectivity index (χ4n) is 2.70. The topological polar surface area (TPSA) is 66.5 Å². The third-order valence-corrected chi connectivity index (χ3v) is 4.03. The highest BCUT2D eigenvalue weighted by molar-refractivity contribution is 5.74. The summed E-state index contributed by atoms with van der Waals surface area (Å²) in [6, 6.07) is 3.74. The molecule has 1 saturated heterocycles. The van der Waals surface area contributed by atoms with Crippen LogP contribution in [0.5, 0.6) is 0 Å². The summed E-state index contributed by atoms with van der Waals surface area (Å²) in [4.78, 5) is 18.4. The fourth-order valence-corrected chi connectivity index (χ4v) is 2.70. The van der Waals surface area contributed by atoms with Gasteiger partial charge in [-0.3, -0.25) is 4.98 Å². The third kappa shape index (κ3) is 4.68. The van der Waals surface area contributed by atoms with Crippen LogP contribution >= 0.6 is 0 Å². The number of carbonyl (C=O) groups excluding carboxylic acids is 1. The summed E-state index contributed by atoms with van der Waals surface area (Å²) in [5.74, 6) is 0. The molecule has 1 aromatic rings. The Morgan fingerprint density at radius 3 is 2.95 bits per heavy atom. The van der Waals surface area contributed by atoms with Crippen LogP contribution in [0.4, 0.5) is 4.79 Å². The number of nitrogens with zero attached hydrogens (tertiary/aromatic N) is 2. The average molecular weight is 306 g/mol. The Morgan fingerprint density at radius 2 is 2.27 bits per heavy atom. The maximum Gasteiger partial charge on any atom is 0.315 e. The number of rotatable bonds is 7. The molecular weight excluding hydrogens is 280 g/mol. The maximum atomic E-state index is 12.0. The molecule has 1 aromatic heterocycles. The molecule has 0 saturated carbocycles. The van der Waals surface area contributed by atoms with Gasteiger partial charge in [-0.05, 0) is 25.6 Å². The molecule has 1 aliphatic rings. The first-order valence-corrected chi connectivity index (χ1v) is 8.02. The van der Waals surface area contributed by atoms with Crippen molar-refractivity contribution < 1.29 is 9.53 Å². The molecule has 0 bridgehead atoms. The van der Waals surface area contributed by atoms with E-state index in [0.29, 0.717) is 13.2 Å². The van der Waals surface area contributed by atoms with Gasteiger partial charge in [0.1, 0.15) is 6.10 Å². The van der Waals surface area contributed by atoms with Gasteiger partial charge in [0, 0.05) is 37.7 Å². The number of urea groups is 1. The predicted octanol–water partition coefficient (Wildman–Crippen LogP) is 1.55. The Hall–Kier alpha value is -1.66. The highest BCUT2D eigenvalue weighted by Crippen LogP contribution is 2.28. The normalized spacial score (nSPS) is 21.0. The van der Waals surface area contributed by atoms with E-state index in [-0.39, 0.29) is 18.2 Å². The molecule has 0 spiro atoms. The van der Waals surface area contributed by atoms with Crippen molar-refractivity contribution in [2.75, 3.05) is 32.8 Å². The van der Waals surface area contributed by atoms with Crippen molar-refractivity contribution in [1.29, 1.82) is 0 Å². The van der Waals surface area contributed by atoms with Gasteiger partial charge >= 0.3 is 6.03 Å². The SMILES string of the molecule is CCN(CC)CCNC(=O)N[C@H]1CCO[C@@H]1c1cccnc1. The molecule has 2 heterocycles. The van der Waals surface area contributed by atoms with Crippen LogP contribution in [0, 0.1) is 0 Å². The first-order chi connectivity index (χ1) is 10.7. The van der Waals surface area contributed by atoms with E-state index in [0.717, 1.165) is 31.6 Å². The van der Waals surface area contributed by atoms with Crippen LogP contribution in [0.2, 0.25) is 0 Å². The van der Waals surface area contributed by atoms with E-state index in [9.17, 15) is 4.79 Å². The molecule has 1 aliphatic heterocycles. The highest BCUT2D eigenvalue weighted by atomic mass is 16.5. The number of amides is 2. The zero-order chi connectivity index (χ0) is 15.8. The smallest absolute Gasteiger partial charge is 0.315 e. The van der Waals surface area contributed by atoms with Gasteiger partial charge < -0.3 is 20.3 Å². The minimum absolute atomic E-state index is 0.00217. The lowest BCUT2D eigenvalue weighted by molar-refractivity contribution is 0.0996. The zero-order valence-corrected chi connectivity index (χ0v) is 13.4. The molecule has 0 aliphatic carbocycles. The number of likely N-dealkylation sites (N-methyl/N-ethyl adjacent to an activating group) is 1. The largest absolute Gasteiger partial charge is 0.371 e.